The summed E-state index contributed by atoms with van der Waals surface area (Å²) in [5.41, 5.74) is 7.70. The van der Waals surface area contributed by atoms with Gasteiger partial charge in [-0.05, 0) is 99.1 Å². The largest absolute Gasteiger partial charge is 0.415 e. The number of anilines is 6. The number of hydrogen-bond acceptors (Lipinski definition) is 10. The third kappa shape index (κ3) is 6.56. The lowest BCUT2D eigenvalue weighted by atomic mass is 9.96. The van der Waals surface area contributed by atoms with Crippen molar-refractivity contribution in [3.05, 3.63) is 102 Å². The average molecular weight is 701 g/mol. The number of aliphatic imine (C=N–C) groups is 4. The maximum atomic E-state index is 14.0. The van der Waals surface area contributed by atoms with Crippen LogP contribution < -0.4 is 20.4 Å². The first-order chi connectivity index (χ1) is 25.5. The van der Waals surface area contributed by atoms with Crippen molar-refractivity contribution in [3.8, 4) is 0 Å². The minimum atomic E-state index is -0.662. The van der Waals surface area contributed by atoms with Crippen LogP contribution in [0.4, 0.5) is 43.3 Å². The Morgan fingerprint density at radius 2 is 1.23 bits per heavy atom. The summed E-state index contributed by atoms with van der Waals surface area (Å²) >= 11 is 0. The highest BCUT2D eigenvalue weighted by Crippen LogP contribution is 2.39. The van der Waals surface area contributed by atoms with Gasteiger partial charge in [0.2, 0.25) is 11.8 Å². The lowest BCUT2D eigenvalue weighted by molar-refractivity contribution is 0.368. The number of allylic oxidation sites excluding steroid dienone is 3. The number of benzene rings is 2. The summed E-state index contributed by atoms with van der Waals surface area (Å²) in [5, 5.41) is 6.64. The second kappa shape index (κ2) is 13.7. The van der Waals surface area contributed by atoms with Crippen molar-refractivity contribution in [1.82, 2.24) is 0 Å². The predicted molar refractivity (Wildman–Crippen MR) is 203 cm³/mol. The number of rotatable bonds is 8. The molecule has 0 spiro atoms. The molecule has 2 aromatic heterocycles. The van der Waals surface area contributed by atoms with Crippen LogP contribution in [0.25, 0.3) is 5.70 Å². The zero-order chi connectivity index (χ0) is 35.0. The van der Waals surface area contributed by atoms with E-state index in [4.69, 9.17) is 18.8 Å². The van der Waals surface area contributed by atoms with Crippen molar-refractivity contribution in [2.24, 2.45) is 25.9 Å². The van der Waals surface area contributed by atoms with Crippen LogP contribution in [-0.2, 0) is 0 Å². The molecule has 5 aliphatic rings. The van der Waals surface area contributed by atoms with Crippen LogP contribution in [0.1, 0.15) is 56.1 Å². The minimum Gasteiger partial charge on any atom is -0.415 e. The highest BCUT2D eigenvalue weighted by Gasteiger charge is 2.32. The van der Waals surface area contributed by atoms with E-state index >= 15 is 0 Å². The summed E-state index contributed by atoms with van der Waals surface area (Å²) in [6, 6.07) is 17.0. The molecule has 10 nitrogen and oxygen atoms in total. The van der Waals surface area contributed by atoms with Gasteiger partial charge >= 0.3 is 0 Å². The van der Waals surface area contributed by atoms with Gasteiger partial charge in [0.05, 0.1) is 28.7 Å². The van der Waals surface area contributed by atoms with Crippen LogP contribution in [0.15, 0.2) is 107 Å². The van der Waals surface area contributed by atoms with Gasteiger partial charge in [-0.15, -0.1) is 0 Å². The SMILES string of the molecule is Fc1ccc(Nc2cc(N3CCCCC3)ccc2C2=CC3=CC(c4ccc(N5CCCCC5)cc4Nc4ccc(F)o4)=NC4=NC=NC(=N2)C4C3)o1. The molecule has 12 heteroatoms. The smallest absolute Gasteiger partial charge is 0.279 e. The van der Waals surface area contributed by atoms with Gasteiger partial charge in [-0.2, -0.15) is 8.78 Å². The highest BCUT2D eigenvalue weighted by molar-refractivity contribution is 6.24. The number of nitrogens with zero attached hydrogens (tertiary/aromatic N) is 6. The van der Waals surface area contributed by atoms with Gasteiger partial charge in [0.25, 0.3) is 12.0 Å². The summed E-state index contributed by atoms with van der Waals surface area (Å²) in [6.45, 7) is 3.93. The molecule has 0 amide bonds. The molecule has 4 aromatic rings. The van der Waals surface area contributed by atoms with Crippen LogP contribution in [-0.4, -0.2) is 49.9 Å². The van der Waals surface area contributed by atoms with Crippen LogP contribution in [0.5, 0.6) is 0 Å². The minimum absolute atomic E-state index is 0.256. The third-order valence-corrected chi connectivity index (χ3v) is 10.2. The van der Waals surface area contributed by atoms with Crippen molar-refractivity contribution in [3.63, 3.8) is 0 Å². The second-order valence-electron chi connectivity index (χ2n) is 13.7. The van der Waals surface area contributed by atoms with Crippen LogP contribution in [0.3, 0.4) is 0 Å². The van der Waals surface area contributed by atoms with Crippen molar-refractivity contribution in [2.45, 2.75) is 44.9 Å². The summed E-state index contributed by atoms with van der Waals surface area (Å²) in [7, 11) is 0. The molecule has 2 bridgehead atoms. The van der Waals surface area contributed by atoms with Gasteiger partial charge in [0.1, 0.15) is 18.0 Å². The second-order valence-corrected chi connectivity index (χ2v) is 13.7. The molecular weight excluding hydrogens is 662 g/mol. The number of furan rings is 2. The Hall–Kier alpha value is -5.78. The average Bonchev–Trinajstić information content (AvgIpc) is 3.66. The molecule has 264 valence electrons. The standard InChI is InChI=1S/C40H38F2N8O2/c41-35-11-13-37(51-35)45-33-22-26(49-15-3-1-4-16-49)7-9-28(33)31-20-25-19-30-39(47-31)43-24-44-40(30)48-32(21-25)29-10-8-27(50-17-5-2-6-18-50)23-34(29)46-38-14-12-36(42)52-38/h7-14,20-24,30,45-46H,1-6,15-19H2. The fourth-order valence-electron chi connectivity index (χ4n) is 7.62. The van der Waals surface area contributed by atoms with E-state index in [1.165, 1.54) is 31.3 Å². The summed E-state index contributed by atoms with van der Waals surface area (Å²) in [6.07, 6.45) is 13.3. The number of hydrogen-bond donors (Lipinski definition) is 2. The molecule has 0 aliphatic carbocycles. The molecule has 1 unspecified atom stereocenters. The van der Waals surface area contributed by atoms with E-state index < -0.39 is 12.0 Å². The van der Waals surface area contributed by atoms with E-state index in [0.717, 1.165) is 91.3 Å². The Bertz CT molecular complexity index is 2090. The normalized spacial score (nSPS) is 19.9. The number of amidine groups is 2. The molecule has 2 aromatic carbocycles. The number of nitrogens with one attached hydrogen (secondary N) is 2. The Balaban J connectivity index is 1.14. The number of halogens is 2. The van der Waals surface area contributed by atoms with E-state index in [2.05, 4.69) is 79.0 Å². The van der Waals surface area contributed by atoms with E-state index in [-0.39, 0.29) is 5.92 Å². The van der Waals surface area contributed by atoms with Gasteiger partial charge in [-0.1, -0.05) is 0 Å². The summed E-state index contributed by atoms with van der Waals surface area (Å²) < 4.78 is 38.5. The van der Waals surface area contributed by atoms with Gasteiger partial charge in [0.15, 0.2) is 0 Å². The molecule has 5 aliphatic heterocycles. The Morgan fingerprint density at radius 3 is 1.83 bits per heavy atom. The van der Waals surface area contributed by atoms with E-state index in [1.807, 2.05) is 0 Å². The van der Waals surface area contributed by atoms with Gasteiger partial charge in [0, 0.05) is 72.9 Å². The first kappa shape index (κ1) is 32.1. The third-order valence-electron chi connectivity index (χ3n) is 10.2. The first-order valence-electron chi connectivity index (χ1n) is 18.1. The maximum absolute atomic E-state index is 14.0. The molecule has 2 N–H and O–H groups in total. The molecule has 0 radical (unpaired) electrons. The molecular formula is C40H38F2N8O2. The fourth-order valence-corrected chi connectivity index (χ4v) is 7.62. The lowest BCUT2D eigenvalue weighted by Crippen LogP contribution is -2.29. The predicted octanol–water partition coefficient (Wildman–Crippen LogP) is 9.25. The van der Waals surface area contributed by atoms with Crippen molar-refractivity contribution in [1.29, 1.82) is 0 Å². The molecule has 1 atom stereocenters. The Kier molecular flexibility index (Phi) is 8.50. The van der Waals surface area contributed by atoms with Crippen molar-refractivity contribution >= 4 is 63.9 Å². The molecule has 2 fully saturated rings. The molecule has 9 rings (SSSR count). The van der Waals surface area contributed by atoms with Crippen LogP contribution in [0.2, 0.25) is 0 Å². The Labute approximate surface area is 300 Å². The monoisotopic (exact) mass is 700 g/mol. The first-order valence-corrected chi connectivity index (χ1v) is 18.1. The molecule has 7 heterocycles. The maximum Gasteiger partial charge on any atom is 0.279 e. The molecule has 52 heavy (non-hydrogen) atoms. The molecule has 2 saturated heterocycles. The van der Waals surface area contributed by atoms with E-state index in [9.17, 15) is 8.78 Å². The van der Waals surface area contributed by atoms with Gasteiger partial charge in [-0.3, -0.25) is 0 Å². The van der Waals surface area contributed by atoms with E-state index in [0.29, 0.717) is 41.3 Å². The fraction of sp³-hybridized carbons (Fsp3) is 0.300. The molecule has 0 saturated carbocycles. The zero-order valence-corrected chi connectivity index (χ0v) is 28.6. The number of piperidine rings is 2. The summed E-state index contributed by atoms with van der Waals surface area (Å²) in [5.74, 6) is 1.58. The van der Waals surface area contributed by atoms with Gasteiger partial charge in [-0.25, -0.2) is 20.0 Å². The lowest BCUT2D eigenvalue weighted by Gasteiger charge is -2.29. The summed E-state index contributed by atoms with van der Waals surface area (Å²) in [4.78, 5) is 24.2. The van der Waals surface area contributed by atoms with E-state index in [1.54, 1.807) is 12.1 Å². The topological polar surface area (TPSA) is 106 Å². The quantitative estimate of drug-likeness (QED) is 0.190. The van der Waals surface area contributed by atoms with Crippen LogP contribution >= 0.6 is 0 Å². The van der Waals surface area contributed by atoms with Gasteiger partial charge < -0.3 is 29.3 Å². The number of fused-ring (bicyclic) bond motifs is 1. The zero-order valence-electron chi connectivity index (χ0n) is 28.6. The van der Waals surface area contributed by atoms with Crippen molar-refractivity contribution < 1.29 is 17.6 Å². The Morgan fingerprint density at radius 1 is 0.635 bits per heavy atom. The highest BCUT2D eigenvalue weighted by atomic mass is 19.1. The van der Waals surface area contributed by atoms with Crippen molar-refractivity contribution in [2.75, 3.05) is 46.6 Å². The van der Waals surface area contributed by atoms with Crippen LogP contribution in [0, 0.1) is 17.9 Å².